The van der Waals surface area contributed by atoms with E-state index in [1.807, 2.05) is 25.1 Å². The topological polar surface area (TPSA) is 81.2 Å². The zero-order valence-corrected chi connectivity index (χ0v) is 11.4. The molecule has 20 heavy (non-hydrogen) atoms. The minimum atomic E-state index is -0.275. The number of amides is 1. The van der Waals surface area contributed by atoms with Crippen LogP contribution in [0.2, 0.25) is 0 Å². The van der Waals surface area contributed by atoms with Crippen LogP contribution in [0.1, 0.15) is 27.2 Å². The first-order valence-electron chi connectivity index (χ1n) is 6.14. The number of anilines is 1. The lowest BCUT2D eigenvalue weighted by atomic mass is 10.1. The molecule has 2 rings (SSSR count). The van der Waals surface area contributed by atoms with Crippen LogP contribution in [0, 0.1) is 25.7 Å². The third-order valence-electron chi connectivity index (χ3n) is 2.74. The SMILES string of the molecule is Cc1ccc(NC(=O)c2cnoc2C)c(C#CCN)c1. The number of aryl methyl sites for hydroxylation is 2. The second-order valence-electron chi connectivity index (χ2n) is 4.30. The summed E-state index contributed by atoms with van der Waals surface area (Å²) >= 11 is 0. The highest BCUT2D eigenvalue weighted by Crippen LogP contribution is 2.18. The number of hydrogen-bond acceptors (Lipinski definition) is 4. The molecule has 0 spiro atoms. The number of benzene rings is 1. The molecule has 0 saturated carbocycles. The number of nitrogens with one attached hydrogen (secondary N) is 1. The summed E-state index contributed by atoms with van der Waals surface area (Å²) in [7, 11) is 0. The maximum absolute atomic E-state index is 12.1. The van der Waals surface area contributed by atoms with Crippen LogP contribution in [0.15, 0.2) is 28.9 Å². The van der Waals surface area contributed by atoms with Crippen molar-refractivity contribution >= 4 is 11.6 Å². The summed E-state index contributed by atoms with van der Waals surface area (Å²) in [5, 5.41) is 6.40. The molecule has 1 amide bonds. The average Bonchev–Trinajstić information content (AvgIpc) is 2.85. The molecule has 0 atom stereocenters. The number of carbonyl (C=O) groups excluding carboxylic acids is 1. The maximum atomic E-state index is 12.1. The molecule has 5 heteroatoms. The van der Waals surface area contributed by atoms with E-state index in [-0.39, 0.29) is 12.5 Å². The van der Waals surface area contributed by atoms with Crippen molar-refractivity contribution < 1.29 is 9.32 Å². The molecule has 0 saturated heterocycles. The Hall–Kier alpha value is -2.58. The van der Waals surface area contributed by atoms with Gasteiger partial charge in [-0.25, -0.2) is 0 Å². The first-order valence-corrected chi connectivity index (χ1v) is 6.14. The van der Waals surface area contributed by atoms with E-state index in [1.54, 1.807) is 6.92 Å². The van der Waals surface area contributed by atoms with Crippen molar-refractivity contribution in [1.29, 1.82) is 0 Å². The van der Waals surface area contributed by atoms with Gasteiger partial charge in [-0.05, 0) is 31.5 Å². The van der Waals surface area contributed by atoms with Crippen molar-refractivity contribution in [2.24, 2.45) is 5.73 Å². The van der Waals surface area contributed by atoms with Crippen LogP contribution in [0.4, 0.5) is 5.69 Å². The number of hydrogen-bond donors (Lipinski definition) is 2. The van der Waals surface area contributed by atoms with E-state index in [9.17, 15) is 4.79 Å². The van der Waals surface area contributed by atoms with Gasteiger partial charge in [0.1, 0.15) is 11.3 Å². The van der Waals surface area contributed by atoms with Gasteiger partial charge in [-0.1, -0.05) is 23.1 Å². The highest BCUT2D eigenvalue weighted by molar-refractivity contribution is 6.05. The van der Waals surface area contributed by atoms with Gasteiger partial charge in [0.05, 0.1) is 18.4 Å². The van der Waals surface area contributed by atoms with Crippen LogP contribution in [0.3, 0.4) is 0 Å². The molecule has 102 valence electrons. The van der Waals surface area contributed by atoms with Gasteiger partial charge in [0, 0.05) is 5.56 Å². The molecule has 5 nitrogen and oxygen atoms in total. The van der Waals surface area contributed by atoms with Gasteiger partial charge in [0.25, 0.3) is 5.91 Å². The number of nitrogens with zero attached hydrogens (tertiary/aromatic N) is 1. The van der Waals surface area contributed by atoms with E-state index in [0.29, 0.717) is 17.0 Å². The molecule has 0 aliphatic rings. The Labute approximate surface area is 117 Å². The van der Waals surface area contributed by atoms with Gasteiger partial charge in [-0.2, -0.15) is 0 Å². The fourth-order valence-electron chi connectivity index (χ4n) is 1.72. The summed E-state index contributed by atoms with van der Waals surface area (Å²) in [4.78, 5) is 12.1. The smallest absolute Gasteiger partial charge is 0.260 e. The average molecular weight is 269 g/mol. The standard InChI is InChI=1S/C15H15N3O2/c1-10-5-6-14(12(8-10)4-3-7-16)18-15(19)13-9-17-20-11(13)2/h5-6,8-9H,7,16H2,1-2H3,(H,18,19). The largest absolute Gasteiger partial charge is 0.361 e. The fraction of sp³-hybridized carbons (Fsp3) is 0.200. The molecule has 0 bridgehead atoms. The van der Waals surface area contributed by atoms with Crippen LogP contribution in [0.5, 0.6) is 0 Å². The van der Waals surface area contributed by atoms with Crippen molar-refractivity contribution in [2.45, 2.75) is 13.8 Å². The Morgan fingerprint density at radius 2 is 2.25 bits per heavy atom. The molecular formula is C15H15N3O2. The second-order valence-corrected chi connectivity index (χ2v) is 4.30. The van der Waals surface area contributed by atoms with Gasteiger partial charge >= 0.3 is 0 Å². The first-order chi connectivity index (χ1) is 9.61. The number of nitrogens with two attached hydrogens (primary N) is 1. The van der Waals surface area contributed by atoms with Crippen molar-refractivity contribution in [3.8, 4) is 11.8 Å². The number of aromatic nitrogens is 1. The van der Waals surface area contributed by atoms with Crippen LogP contribution >= 0.6 is 0 Å². The lowest BCUT2D eigenvalue weighted by molar-refractivity contribution is 0.102. The van der Waals surface area contributed by atoms with Gasteiger partial charge in [0.15, 0.2) is 0 Å². The Balaban J connectivity index is 2.29. The summed E-state index contributed by atoms with van der Waals surface area (Å²) in [6.45, 7) is 3.92. The Morgan fingerprint density at radius 3 is 2.90 bits per heavy atom. The van der Waals surface area contributed by atoms with Gasteiger partial charge in [-0.15, -0.1) is 0 Å². The molecule has 1 aromatic heterocycles. The lowest BCUT2D eigenvalue weighted by Gasteiger charge is -2.07. The Kier molecular flexibility index (Phi) is 4.18. The van der Waals surface area contributed by atoms with E-state index in [0.717, 1.165) is 11.1 Å². The number of rotatable bonds is 2. The molecule has 0 aliphatic carbocycles. The maximum Gasteiger partial charge on any atom is 0.260 e. The predicted octanol–water partition coefficient (Wildman–Crippen LogP) is 1.85. The number of carbonyl (C=O) groups is 1. The molecule has 1 aromatic carbocycles. The minimum Gasteiger partial charge on any atom is -0.361 e. The second kappa shape index (κ2) is 6.04. The highest BCUT2D eigenvalue weighted by Gasteiger charge is 2.14. The van der Waals surface area contributed by atoms with Crippen LogP contribution in [-0.2, 0) is 0 Å². The molecule has 2 aromatic rings. The van der Waals surface area contributed by atoms with Crippen molar-refractivity contribution in [2.75, 3.05) is 11.9 Å². The summed E-state index contributed by atoms with van der Waals surface area (Å²) < 4.78 is 4.88. The minimum absolute atomic E-state index is 0.270. The summed E-state index contributed by atoms with van der Waals surface area (Å²) in [6.07, 6.45) is 1.39. The zero-order chi connectivity index (χ0) is 14.5. The van der Waals surface area contributed by atoms with E-state index in [4.69, 9.17) is 10.3 Å². The normalized spacial score (nSPS) is 9.75. The molecule has 0 unspecified atom stereocenters. The van der Waals surface area contributed by atoms with Crippen molar-refractivity contribution in [3.05, 3.63) is 46.8 Å². The van der Waals surface area contributed by atoms with Gasteiger partial charge in [0.2, 0.25) is 0 Å². The van der Waals surface area contributed by atoms with Crippen LogP contribution < -0.4 is 11.1 Å². The Bertz CT molecular complexity index is 693. The lowest BCUT2D eigenvalue weighted by Crippen LogP contribution is -2.13. The third kappa shape index (κ3) is 3.05. The van der Waals surface area contributed by atoms with Crippen LogP contribution in [-0.4, -0.2) is 17.6 Å². The monoisotopic (exact) mass is 269 g/mol. The van der Waals surface area contributed by atoms with Gasteiger partial charge in [-0.3, -0.25) is 4.79 Å². The summed E-state index contributed by atoms with van der Waals surface area (Å²) in [5.74, 6) is 5.94. The van der Waals surface area contributed by atoms with E-state index >= 15 is 0 Å². The van der Waals surface area contributed by atoms with Crippen molar-refractivity contribution in [1.82, 2.24) is 5.16 Å². The zero-order valence-electron chi connectivity index (χ0n) is 11.4. The van der Waals surface area contributed by atoms with Gasteiger partial charge < -0.3 is 15.6 Å². The molecule has 1 heterocycles. The van der Waals surface area contributed by atoms with E-state index < -0.39 is 0 Å². The molecule has 3 N–H and O–H groups in total. The molecule has 0 radical (unpaired) electrons. The quantitative estimate of drug-likeness (QED) is 0.815. The molecule has 0 fully saturated rings. The Morgan fingerprint density at radius 1 is 1.45 bits per heavy atom. The molecule has 0 aliphatic heterocycles. The highest BCUT2D eigenvalue weighted by atomic mass is 16.5. The fourth-order valence-corrected chi connectivity index (χ4v) is 1.72. The summed E-state index contributed by atoms with van der Waals surface area (Å²) in [5.41, 5.74) is 8.22. The van der Waals surface area contributed by atoms with E-state index in [1.165, 1.54) is 6.20 Å². The first kappa shape index (κ1) is 13.8. The third-order valence-corrected chi connectivity index (χ3v) is 2.74. The predicted molar refractivity (Wildman–Crippen MR) is 76.3 cm³/mol. The molecular weight excluding hydrogens is 254 g/mol. The van der Waals surface area contributed by atoms with Crippen LogP contribution in [0.25, 0.3) is 0 Å². The van der Waals surface area contributed by atoms with E-state index in [2.05, 4.69) is 22.3 Å². The summed E-state index contributed by atoms with van der Waals surface area (Å²) in [6, 6.07) is 5.62. The van der Waals surface area contributed by atoms with Crippen molar-refractivity contribution in [3.63, 3.8) is 0 Å².